The van der Waals surface area contributed by atoms with Gasteiger partial charge in [-0.05, 0) is 280 Å². The Hall–Kier alpha value is -11.3. The predicted molar refractivity (Wildman–Crippen MR) is 500 cm³/mol. The molecule has 2 aliphatic rings. The third-order valence-electron chi connectivity index (χ3n) is 21.7. The lowest BCUT2D eigenvalue weighted by Gasteiger charge is -2.10. The zero-order valence-corrected chi connectivity index (χ0v) is 74.2. The molecule has 0 saturated heterocycles. The predicted octanol–water partition coefficient (Wildman–Crippen LogP) is 27.6. The molecule has 6 aromatic carbocycles. The Morgan fingerprint density at radius 1 is 0.504 bits per heavy atom. The Morgan fingerprint density at radius 3 is 1.49 bits per heavy atom. The molecule has 16 rings (SSSR count). The van der Waals surface area contributed by atoms with E-state index in [1.54, 1.807) is 41.2 Å². The van der Waals surface area contributed by atoms with Crippen LogP contribution in [0.2, 0.25) is 5.02 Å². The normalized spacial score (nSPS) is 11.5. The van der Waals surface area contributed by atoms with Crippen molar-refractivity contribution < 1.29 is 38.4 Å². The molecule has 19 heteroatoms. The highest BCUT2D eigenvalue weighted by molar-refractivity contribution is 6.35. The standard InChI is InChI=1S/C14H17NO.C11H10F3N.C11H9FN2.C10H9ClFN.2C8H11N.2C8H10.C7H11N2.C7H13N.C6H8N2.2CH4.5H2/c1-10-8-12-13(15(10)2)4-3-5-14(12)16-9-11-6-7-11;1-7-5-8-3-4-9(11(12,13)14)6-10(8)15(7)2;1-7-6-8-10(13-2)5-4-9(12)11(8)14(7)3;1-6-3-8-9(11)4-7(12)5-10(8)13(6)2;1-6-4-5-9-8(3)7(6)2;1-6-4-5-7(2)9-8(6)3;2*1-7-5-3-4-6-8(7)2;1-6-4-5-8-7(2)9(6)3;1-6-4-5-8(3)7(6)2;1-5-6(2)8-4-3-7-5;;;;;;;/h3-5,8,11H,6-7,9H2,1-2H3;3-6H,1-2H3;4-6H,1,3H3;3-5H,1-2H3;2*4-5H,1-3H3;2*3-6H,1-2H3;4-5H,1-3H3;4-5H2,1-3H3;3-4H,1-2H3;2*1H4;5*1H/q;;;;;;;;+1;;;;;;;;;/i;;;;;;;;;;;;;5*1+1. The maximum absolute atomic E-state index is 13.5. The number of benzene rings is 6. The van der Waals surface area contributed by atoms with Gasteiger partial charge in [0, 0.05) is 148 Å². The summed E-state index contributed by atoms with van der Waals surface area (Å²) in [6.07, 6.45) is 6.73. The van der Waals surface area contributed by atoms with Crippen LogP contribution in [0, 0.1) is 149 Å². The number of rotatable bonds is 3. The van der Waals surface area contributed by atoms with Crippen LogP contribution in [-0.4, -0.2) is 68.3 Å². The average Bonchev–Trinajstić information content (AvgIpc) is 1.62. The molecule has 0 N–H and O–H groups in total. The minimum absolute atomic E-state index is 0. The number of hydrogen-bond donors (Lipinski definition) is 0. The average molecular weight is 1660 g/mol. The summed E-state index contributed by atoms with van der Waals surface area (Å²) in [5.41, 5.74) is 26.4. The summed E-state index contributed by atoms with van der Waals surface area (Å²) in [7, 11) is 11.7. The highest BCUT2D eigenvalue weighted by atomic mass is 35.5. The van der Waals surface area contributed by atoms with Gasteiger partial charge in [0.25, 0.3) is 5.82 Å². The van der Waals surface area contributed by atoms with E-state index in [1.807, 2.05) is 130 Å². The van der Waals surface area contributed by atoms with E-state index in [9.17, 15) is 22.0 Å². The van der Waals surface area contributed by atoms with E-state index in [0.717, 1.165) is 92.0 Å². The van der Waals surface area contributed by atoms with E-state index < -0.39 is 11.7 Å². The third kappa shape index (κ3) is 29.3. The first-order chi connectivity index (χ1) is 55.1. The summed E-state index contributed by atoms with van der Waals surface area (Å²) >= 11 is 5.89. The van der Waals surface area contributed by atoms with Crippen LogP contribution in [0.5, 0.6) is 5.75 Å². The number of halogens is 6. The van der Waals surface area contributed by atoms with Crippen LogP contribution in [0.4, 0.5) is 27.6 Å². The topological polar surface area (TPSA) is 105 Å². The fourth-order valence-corrected chi connectivity index (χ4v) is 12.1. The van der Waals surface area contributed by atoms with Gasteiger partial charge in [-0.25, -0.2) is 18.2 Å². The number of aryl methyl sites for hydroxylation is 21. The lowest BCUT2D eigenvalue weighted by Crippen LogP contribution is -2.36. The van der Waals surface area contributed by atoms with Crippen molar-refractivity contribution in [3.8, 4) is 5.75 Å². The van der Waals surface area contributed by atoms with Gasteiger partial charge in [-0.1, -0.05) is 110 Å². The smallest absolute Gasteiger partial charge is 0.416 e. The van der Waals surface area contributed by atoms with E-state index in [1.165, 1.54) is 129 Å². The fourth-order valence-electron chi connectivity index (χ4n) is 11.9. The highest BCUT2D eigenvalue weighted by Gasteiger charge is 2.31. The molecule has 1 aliphatic carbocycles. The molecule has 14 aromatic rings. The molecule has 1 fully saturated rings. The number of aromatic nitrogens is 10. The zero-order chi connectivity index (χ0) is 86.9. The van der Waals surface area contributed by atoms with Gasteiger partial charge in [-0.3, -0.25) is 19.9 Å². The van der Waals surface area contributed by atoms with E-state index >= 15 is 0 Å². The van der Waals surface area contributed by atoms with Gasteiger partial charge < -0.3 is 27.9 Å². The maximum atomic E-state index is 13.5. The van der Waals surface area contributed by atoms with Gasteiger partial charge in [-0.15, -0.1) is 0 Å². The van der Waals surface area contributed by atoms with Crippen LogP contribution >= 0.6 is 11.6 Å². The SMILES string of the molecule is C.C.CC1=C(C)N(C)CC1.Cc1cc2c(Cl)cc(F)cc2n1C.Cc1cc2c(OCC3CC3)cccc2n1C.Cc1cc2ccc(C(F)(F)F)cc2n1C.Cc1ccc(C)c(C)n1.Cc1ccccc1C.Cc1ccccc1C.Cc1ccnc(C)[n+]1C.Cc1ccnc(C)c1C.Cc1nccnc1C.[2HH].[2HH].[2HH].[2HH].[2HH].[C-]#[N+]c1ccc(F)c2c1cc(C)n2C. The van der Waals surface area contributed by atoms with Crippen molar-refractivity contribution in [1.82, 2.24) is 48.1 Å². The summed E-state index contributed by atoms with van der Waals surface area (Å²) in [6, 6.07) is 48.5. The molecule has 0 spiro atoms. The second-order valence-electron chi connectivity index (χ2n) is 30.2. The number of pyridine rings is 2. The molecule has 1 saturated carbocycles. The van der Waals surface area contributed by atoms with Gasteiger partial charge in [0.05, 0.1) is 58.8 Å². The Balaban J connectivity index is 0. The van der Waals surface area contributed by atoms with Crippen molar-refractivity contribution in [1.29, 1.82) is 0 Å². The van der Waals surface area contributed by atoms with Crippen LogP contribution in [-0.2, 0) is 41.4 Å². The third-order valence-corrected chi connectivity index (χ3v) is 22.0. The highest BCUT2D eigenvalue weighted by Crippen LogP contribution is 2.35. The fraction of sp³-hybridized carbons (Fsp3) is 0.350. The summed E-state index contributed by atoms with van der Waals surface area (Å²) in [5.74, 6) is 2.32. The molecule has 119 heavy (non-hydrogen) atoms. The Labute approximate surface area is 718 Å². The molecule has 0 amide bonds. The summed E-state index contributed by atoms with van der Waals surface area (Å²) in [4.78, 5) is 26.2. The van der Waals surface area contributed by atoms with Crippen molar-refractivity contribution in [3.63, 3.8) is 0 Å². The van der Waals surface area contributed by atoms with Crippen LogP contribution < -0.4 is 9.30 Å². The van der Waals surface area contributed by atoms with Gasteiger partial charge >= 0.3 is 6.18 Å². The van der Waals surface area contributed by atoms with Crippen LogP contribution in [0.25, 0.3) is 48.5 Å². The second kappa shape index (κ2) is 46.7. The maximum Gasteiger partial charge on any atom is 0.416 e. The summed E-state index contributed by atoms with van der Waals surface area (Å²) in [6.45, 7) is 50.1. The van der Waals surface area contributed by atoms with E-state index in [2.05, 4.69) is 213 Å². The molecule has 644 valence electrons. The molecule has 0 unspecified atom stereocenters. The number of alkyl halides is 3. The van der Waals surface area contributed by atoms with E-state index in [4.69, 9.17) is 22.9 Å². The molecule has 1 aliphatic heterocycles. The van der Waals surface area contributed by atoms with Crippen molar-refractivity contribution >= 4 is 60.9 Å². The molecule has 8 aromatic heterocycles. The number of hydrogen-bond acceptors (Lipinski definition) is 7. The lowest BCUT2D eigenvalue weighted by molar-refractivity contribution is -0.687. The summed E-state index contributed by atoms with van der Waals surface area (Å²) < 4.78 is 79.4. The Morgan fingerprint density at radius 2 is 1.03 bits per heavy atom. The molecule has 13 nitrogen and oxygen atoms in total. The molecule has 9 heterocycles. The second-order valence-corrected chi connectivity index (χ2v) is 30.6. The largest absolute Gasteiger partial charge is 0.493 e. The quantitative estimate of drug-likeness (QED) is 0.0986. The Kier molecular flexibility index (Phi) is 39.3. The van der Waals surface area contributed by atoms with E-state index in [-0.39, 0.29) is 33.6 Å². The first-order valence-corrected chi connectivity index (χ1v) is 39.6. The molecular weight excluding hydrogens is 1520 g/mol. The van der Waals surface area contributed by atoms with Crippen molar-refractivity contribution in [2.45, 2.75) is 179 Å². The number of ether oxygens (including phenoxy) is 1. The minimum Gasteiger partial charge on any atom is -0.493 e. The lowest BCUT2D eigenvalue weighted by atomic mass is 10.1. The Bertz CT molecular complexity index is 5490. The van der Waals surface area contributed by atoms with E-state index in [0.29, 0.717) is 27.1 Å². The van der Waals surface area contributed by atoms with Crippen LogP contribution in [0.3, 0.4) is 0 Å². The molecule has 0 atom stereocenters. The number of allylic oxidation sites excluding steroid dienone is 1. The van der Waals surface area contributed by atoms with Crippen molar-refractivity contribution in [2.24, 2.45) is 41.2 Å². The zero-order valence-electron chi connectivity index (χ0n) is 73.5. The van der Waals surface area contributed by atoms with Gasteiger partial charge in [0.15, 0.2) is 5.69 Å². The monoisotopic (exact) mass is 1660 g/mol. The van der Waals surface area contributed by atoms with Crippen LogP contribution in [0.15, 0.2) is 194 Å². The van der Waals surface area contributed by atoms with Gasteiger partial charge in [0.1, 0.15) is 29.3 Å². The van der Waals surface area contributed by atoms with Crippen LogP contribution in [0.1, 0.15) is 162 Å². The molecular formula is C100H137ClF5N12O+. The van der Waals surface area contributed by atoms with Crippen molar-refractivity contribution in [2.75, 3.05) is 20.2 Å². The van der Waals surface area contributed by atoms with Gasteiger partial charge in [0.2, 0.25) is 0 Å². The number of fused-ring (bicyclic) bond motifs is 4. The van der Waals surface area contributed by atoms with Gasteiger partial charge in [-0.2, -0.15) is 13.2 Å². The molecule has 0 radical (unpaired) electrons. The first kappa shape index (κ1) is 100. The first-order valence-electron chi connectivity index (χ1n) is 39.2. The number of nitrogens with zero attached hydrogens (tertiary/aromatic N) is 12. The minimum atomic E-state index is -4.27. The van der Waals surface area contributed by atoms with Crippen molar-refractivity contribution in [3.05, 3.63) is 329 Å². The summed E-state index contributed by atoms with van der Waals surface area (Å²) in [5, 5.41) is 4.15. The molecule has 0 bridgehead atoms.